The first-order valence-electron chi connectivity index (χ1n) is 15.9. The molecule has 12 heteroatoms. The number of amides is 2. The molecule has 2 aliphatic carbocycles. The van der Waals surface area contributed by atoms with Gasteiger partial charge in [0.05, 0.1) is 37.5 Å². The molecular weight excluding hydrogens is 572 g/mol. The number of aromatic amines is 1. The Balaban J connectivity index is 1.12. The van der Waals surface area contributed by atoms with Crippen LogP contribution < -0.4 is 10.6 Å². The third-order valence-electron chi connectivity index (χ3n) is 8.56. The molecule has 2 aromatic heterocycles. The first kappa shape index (κ1) is 30.6. The van der Waals surface area contributed by atoms with Crippen LogP contribution in [0.5, 0.6) is 0 Å². The van der Waals surface area contributed by atoms with Crippen molar-refractivity contribution < 1.29 is 19.1 Å². The lowest BCUT2D eigenvalue weighted by Gasteiger charge is -2.32. The average molecular weight is 613 g/mol. The minimum Gasteiger partial charge on any atom is -0.371 e. The van der Waals surface area contributed by atoms with Crippen molar-refractivity contribution in [2.75, 3.05) is 0 Å². The molecule has 4 aromatic rings. The highest BCUT2D eigenvalue weighted by molar-refractivity contribution is 5.94. The van der Waals surface area contributed by atoms with Crippen LogP contribution in [-0.2, 0) is 34.0 Å². The van der Waals surface area contributed by atoms with Crippen LogP contribution in [0.2, 0.25) is 0 Å². The number of H-pyrrole nitrogens is 1. The van der Waals surface area contributed by atoms with Crippen LogP contribution >= 0.6 is 0 Å². The SMILES string of the molecule is O=C(Cn1nc(-c2nn[nH]n2)cc1C(=O)NC1CCCCC1OCc1ccccc1)NC1CCCCC1OCc1ccccc1. The molecule has 2 heterocycles. The van der Waals surface area contributed by atoms with E-state index in [0.717, 1.165) is 62.5 Å². The number of aromatic nitrogens is 6. The summed E-state index contributed by atoms with van der Waals surface area (Å²) in [6.45, 7) is 0.836. The number of carbonyl (C=O) groups is 2. The third kappa shape index (κ3) is 8.20. The highest BCUT2D eigenvalue weighted by Crippen LogP contribution is 2.25. The fraction of sp³-hybridized carbons (Fsp3) is 0.455. The lowest BCUT2D eigenvalue weighted by atomic mass is 9.92. The number of hydrogen-bond donors (Lipinski definition) is 3. The second-order valence-electron chi connectivity index (χ2n) is 11.8. The number of nitrogens with zero attached hydrogens (tertiary/aromatic N) is 5. The third-order valence-corrected chi connectivity index (χ3v) is 8.56. The zero-order chi connectivity index (χ0) is 30.8. The Morgan fingerprint density at radius 1 is 0.800 bits per heavy atom. The van der Waals surface area contributed by atoms with Gasteiger partial charge < -0.3 is 20.1 Å². The van der Waals surface area contributed by atoms with Crippen molar-refractivity contribution >= 4 is 11.8 Å². The quantitative estimate of drug-likeness (QED) is 0.218. The summed E-state index contributed by atoms with van der Waals surface area (Å²) in [5.74, 6) is -0.327. The molecule has 2 saturated carbocycles. The van der Waals surface area contributed by atoms with Gasteiger partial charge in [0.15, 0.2) is 0 Å². The van der Waals surface area contributed by atoms with Gasteiger partial charge in [0, 0.05) is 6.07 Å². The minimum absolute atomic E-state index is 0.0858. The smallest absolute Gasteiger partial charge is 0.269 e. The first-order valence-corrected chi connectivity index (χ1v) is 15.9. The van der Waals surface area contributed by atoms with Crippen LogP contribution in [-0.4, -0.2) is 66.5 Å². The standard InChI is InChI=1S/C33H40N8O4/c42-31(34-25-15-7-9-17-29(25)44-21-23-11-3-1-4-12-23)20-41-28(19-27(38-41)32-36-39-40-37-32)33(43)35-26-16-8-10-18-30(26)45-22-24-13-5-2-6-14-24/h1-6,11-14,19,25-26,29-30H,7-10,15-18,20-22H2,(H,34,42)(H,35,43)(H,36,37,39,40). The van der Waals surface area contributed by atoms with Crippen molar-refractivity contribution in [3.8, 4) is 11.5 Å². The summed E-state index contributed by atoms with van der Waals surface area (Å²) in [7, 11) is 0. The van der Waals surface area contributed by atoms with Gasteiger partial charge in [-0.05, 0) is 42.0 Å². The minimum atomic E-state index is -0.327. The summed E-state index contributed by atoms with van der Waals surface area (Å²) in [5, 5.41) is 24.9. The Morgan fingerprint density at radius 2 is 1.38 bits per heavy atom. The molecule has 236 valence electrons. The number of ether oxygens (including phenoxy) is 2. The summed E-state index contributed by atoms with van der Waals surface area (Å²) in [5.41, 5.74) is 2.79. The number of nitrogens with one attached hydrogen (secondary N) is 3. The largest absolute Gasteiger partial charge is 0.371 e. The maximum absolute atomic E-state index is 13.7. The van der Waals surface area contributed by atoms with E-state index in [2.05, 4.69) is 36.4 Å². The normalized spacial score (nSPS) is 21.7. The molecule has 2 amide bonds. The van der Waals surface area contributed by atoms with Crippen LogP contribution in [0.25, 0.3) is 11.5 Å². The van der Waals surface area contributed by atoms with E-state index in [9.17, 15) is 9.59 Å². The monoisotopic (exact) mass is 612 g/mol. The van der Waals surface area contributed by atoms with Crippen molar-refractivity contribution in [1.29, 1.82) is 0 Å². The molecule has 2 fully saturated rings. The van der Waals surface area contributed by atoms with Gasteiger partial charge in [0.1, 0.15) is 17.9 Å². The van der Waals surface area contributed by atoms with Crippen LogP contribution in [0.1, 0.15) is 73.0 Å². The Hall–Kier alpha value is -4.42. The molecular formula is C33H40N8O4. The van der Waals surface area contributed by atoms with Crippen LogP contribution in [0.4, 0.5) is 0 Å². The summed E-state index contributed by atoms with van der Waals surface area (Å²) in [6, 6.07) is 21.4. The number of carbonyl (C=O) groups excluding carboxylic acids is 2. The van der Waals surface area contributed by atoms with Gasteiger partial charge >= 0.3 is 0 Å². The van der Waals surface area contributed by atoms with Crippen LogP contribution in [0, 0.1) is 0 Å². The highest BCUT2D eigenvalue weighted by Gasteiger charge is 2.31. The molecule has 0 radical (unpaired) electrons. The van der Waals surface area contributed by atoms with Gasteiger partial charge in [-0.3, -0.25) is 9.59 Å². The Labute approximate surface area is 262 Å². The molecule has 3 N–H and O–H groups in total. The Morgan fingerprint density at radius 3 is 1.96 bits per heavy atom. The summed E-state index contributed by atoms with van der Waals surface area (Å²) >= 11 is 0. The fourth-order valence-corrected chi connectivity index (χ4v) is 6.21. The molecule has 45 heavy (non-hydrogen) atoms. The highest BCUT2D eigenvalue weighted by atomic mass is 16.5. The molecule has 4 atom stereocenters. The lowest BCUT2D eigenvalue weighted by Crippen LogP contribution is -2.48. The Kier molecular flexibility index (Phi) is 10.2. The summed E-state index contributed by atoms with van der Waals surface area (Å²) in [4.78, 5) is 27.1. The van der Waals surface area contributed by atoms with Crippen molar-refractivity contribution in [3.05, 3.63) is 83.6 Å². The van der Waals surface area contributed by atoms with Gasteiger partial charge in [-0.25, -0.2) is 4.68 Å². The number of hydrogen-bond acceptors (Lipinski definition) is 8. The predicted octanol–water partition coefficient (Wildman–Crippen LogP) is 3.97. The second-order valence-corrected chi connectivity index (χ2v) is 11.8. The van der Waals surface area contributed by atoms with Crippen molar-refractivity contribution in [2.24, 2.45) is 0 Å². The van der Waals surface area contributed by atoms with E-state index in [-0.39, 0.29) is 54.2 Å². The van der Waals surface area contributed by atoms with E-state index in [1.165, 1.54) is 4.68 Å². The molecule has 0 aliphatic heterocycles. The van der Waals surface area contributed by atoms with Gasteiger partial charge in [0.25, 0.3) is 5.91 Å². The molecule has 12 nitrogen and oxygen atoms in total. The Bertz CT molecular complexity index is 1510. The number of benzene rings is 2. The van der Waals surface area contributed by atoms with Crippen LogP contribution in [0.3, 0.4) is 0 Å². The predicted molar refractivity (Wildman–Crippen MR) is 166 cm³/mol. The van der Waals surface area contributed by atoms with E-state index in [4.69, 9.17) is 9.47 Å². The van der Waals surface area contributed by atoms with E-state index >= 15 is 0 Å². The maximum Gasteiger partial charge on any atom is 0.269 e. The fourth-order valence-electron chi connectivity index (χ4n) is 6.21. The molecule has 0 spiro atoms. The van der Waals surface area contributed by atoms with E-state index in [1.807, 2.05) is 60.7 Å². The van der Waals surface area contributed by atoms with E-state index in [0.29, 0.717) is 18.9 Å². The van der Waals surface area contributed by atoms with Gasteiger partial charge in [-0.1, -0.05) is 86.3 Å². The number of tetrazole rings is 1. The zero-order valence-electron chi connectivity index (χ0n) is 25.3. The molecule has 2 aromatic carbocycles. The summed E-state index contributed by atoms with van der Waals surface area (Å²) in [6.07, 6.45) is 7.30. The average Bonchev–Trinajstić information content (AvgIpc) is 3.76. The van der Waals surface area contributed by atoms with E-state index in [1.54, 1.807) is 6.07 Å². The number of rotatable bonds is 12. The maximum atomic E-state index is 13.7. The summed E-state index contributed by atoms with van der Waals surface area (Å²) < 4.78 is 13.9. The molecule has 0 saturated heterocycles. The van der Waals surface area contributed by atoms with Crippen molar-refractivity contribution in [1.82, 2.24) is 41.0 Å². The van der Waals surface area contributed by atoms with Crippen molar-refractivity contribution in [2.45, 2.75) is 95.4 Å². The van der Waals surface area contributed by atoms with E-state index < -0.39 is 0 Å². The molecule has 6 rings (SSSR count). The second kappa shape index (κ2) is 15.0. The molecule has 2 aliphatic rings. The lowest BCUT2D eigenvalue weighted by molar-refractivity contribution is -0.124. The van der Waals surface area contributed by atoms with Gasteiger partial charge in [-0.15, -0.1) is 10.2 Å². The van der Waals surface area contributed by atoms with Gasteiger partial charge in [-0.2, -0.15) is 10.3 Å². The van der Waals surface area contributed by atoms with Crippen LogP contribution in [0.15, 0.2) is 66.7 Å². The zero-order valence-corrected chi connectivity index (χ0v) is 25.3. The first-order chi connectivity index (χ1) is 22.1. The van der Waals surface area contributed by atoms with Crippen molar-refractivity contribution in [3.63, 3.8) is 0 Å². The topological polar surface area (TPSA) is 149 Å². The molecule has 4 unspecified atom stereocenters. The molecule has 0 bridgehead atoms. The van der Waals surface area contributed by atoms with Gasteiger partial charge in [0.2, 0.25) is 11.7 Å².